The smallest absolute Gasteiger partial charge is 0.262 e. The van der Waals surface area contributed by atoms with E-state index in [9.17, 15) is 13.2 Å². The van der Waals surface area contributed by atoms with Crippen LogP contribution in [0.25, 0.3) is 11.1 Å². The Labute approximate surface area is 170 Å². The molecule has 0 atom stereocenters. The number of benzene rings is 3. The lowest BCUT2D eigenvalue weighted by molar-refractivity contribution is -0.122. The van der Waals surface area contributed by atoms with E-state index in [0.717, 1.165) is 5.56 Å². The number of hydrogen-bond acceptors (Lipinski definition) is 4. The van der Waals surface area contributed by atoms with Crippen LogP contribution in [0.15, 0.2) is 83.8 Å². The molecule has 0 bridgehead atoms. The lowest BCUT2D eigenvalue weighted by Gasteiger charge is -2.13. The number of amides is 1. The van der Waals surface area contributed by atoms with Crippen molar-refractivity contribution in [1.82, 2.24) is 5.32 Å². The number of carbonyl (C=O) groups is 1. The van der Waals surface area contributed by atoms with Crippen LogP contribution in [0.2, 0.25) is 0 Å². The van der Waals surface area contributed by atoms with E-state index in [4.69, 9.17) is 4.74 Å². The predicted molar refractivity (Wildman–Crippen MR) is 113 cm³/mol. The highest BCUT2D eigenvalue weighted by molar-refractivity contribution is 7.92. The first-order valence-corrected chi connectivity index (χ1v) is 10.6. The summed E-state index contributed by atoms with van der Waals surface area (Å²) in [5, 5.41) is 2.64. The molecule has 0 aromatic heterocycles. The van der Waals surface area contributed by atoms with Gasteiger partial charge in [0.2, 0.25) is 0 Å². The van der Waals surface area contributed by atoms with Crippen molar-refractivity contribution in [3.63, 3.8) is 0 Å². The topological polar surface area (TPSA) is 84.5 Å². The molecule has 0 aliphatic heterocycles. The van der Waals surface area contributed by atoms with Crippen LogP contribution in [0, 0.1) is 0 Å². The first kappa shape index (κ1) is 20.4. The van der Waals surface area contributed by atoms with Crippen molar-refractivity contribution in [3.05, 3.63) is 78.9 Å². The van der Waals surface area contributed by atoms with Crippen molar-refractivity contribution in [3.8, 4) is 16.9 Å². The molecule has 2 N–H and O–H groups in total. The Hall–Kier alpha value is -3.32. The fourth-order valence-corrected chi connectivity index (χ4v) is 4.09. The molecule has 1 amide bonds. The molecule has 0 saturated heterocycles. The van der Waals surface area contributed by atoms with E-state index in [1.807, 2.05) is 37.3 Å². The highest BCUT2D eigenvalue weighted by Crippen LogP contribution is 2.29. The van der Waals surface area contributed by atoms with E-state index in [1.165, 1.54) is 0 Å². The molecular formula is C22H22N2O4S. The summed E-state index contributed by atoms with van der Waals surface area (Å²) in [6.45, 7) is 2.20. The maximum Gasteiger partial charge on any atom is 0.262 e. The summed E-state index contributed by atoms with van der Waals surface area (Å²) in [7, 11) is -3.83. The first-order valence-electron chi connectivity index (χ1n) is 9.16. The fraction of sp³-hybridized carbons (Fsp3) is 0.136. The molecule has 0 saturated carbocycles. The molecule has 6 nitrogen and oxygen atoms in total. The molecule has 0 spiro atoms. The zero-order valence-electron chi connectivity index (χ0n) is 16.0. The largest absolute Gasteiger partial charge is 0.484 e. The van der Waals surface area contributed by atoms with Crippen molar-refractivity contribution < 1.29 is 17.9 Å². The maximum atomic E-state index is 13.0. The summed E-state index contributed by atoms with van der Waals surface area (Å²) in [4.78, 5) is 11.7. The van der Waals surface area contributed by atoms with E-state index >= 15 is 0 Å². The normalized spacial score (nSPS) is 10.9. The Balaban J connectivity index is 1.82. The number of anilines is 1. The number of carbonyl (C=O) groups excluding carboxylic acids is 1. The average molecular weight is 410 g/mol. The quantitative estimate of drug-likeness (QED) is 0.593. The van der Waals surface area contributed by atoms with Crippen molar-refractivity contribution in [1.29, 1.82) is 0 Å². The summed E-state index contributed by atoms with van der Waals surface area (Å²) in [6, 6.07) is 22.7. The Bertz CT molecular complexity index is 1080. The summed E-state index contributed by atoms with van der Waals surface area (Å²) in [6.07, 6.45) is 0. The zero-order valence-corrected chi connectivity index (χ0v) is 16.8. The van der Waals surface area contributed by atoms with Crippen molar-refractivity contribution in [2.24, 2.45) is 0 Å². The van der Waals surface area contributed by atoms with E-state index in [2.05, 4.69) is 10.0 Å². The van der Waals surface area contributed by atoms with Gasteiger partial charge in [0.05, 0.1) is 10.6 Å². The van der Waals surface area contributed by atoms with Crippen LogP contribution in [-0.2, 0) is 14.8 Å². The number of nitrogens with one attached hydrogen (secondary N) is 2. The van der Waals surface area contributed by atoms with E-state index in [1.54, 1.807) is 48.5 Å². The van der Waals surface area contributed by atoms with Gasteiger partial charge in [-0.25, -0.2) is 8.42 Å². The lowest BCUT2D eigenvalue weighted by atomic mass is 10.1. The fourth-order valence-electron chi connectivity index (χ4n) is 2.81. The van der Waals surface area contributed by atoms with Gasteiger partial charge in [0.15, 0.2) is 6.61 Å². The minimum absolute atomic E-state index is 0.138. The van der Waals surface area contributed by atoms with Crippen LogP contribution in [0.1, 0.15) is 6.92 Å². The molecule has 0 aliphatic rings. The second-order valence-corrected chi connectivity index (χ2v) is 7.89. The molecule has 150 valence electrons. The van der Waals surface area contributed by atoms with Gasteiger partial charge in [-0.3, -0.25) is 9.52 Å². The SMILES string of the molecule is CCNC(=O)COc1cccc(NS(=O)(=O)c2ccccc2-c2ccccc2)c1. The predicted octanol–water partition coefficient (Wildman–Crippen LogP) is 3.67. The molecule has 3 aromatic carbocycles. The number of sulfonamides is 1. The number of likely N-dealkylation sites (N-methyl/N-ethyl adjacent to an activating group) is 1. The Kier molecular flexibility index (Phi) is 6.51. The van der Waals surface area contributed by atoms with Gasteiger partial charge in [-0.15, -0.1) is 0 Å². The lowest BCUT2D eigenvalue weighted by Crippen LogP contribution is -2.28. The molecule has 0 fully saturated rings. The van der Waals surface area contributed by atoms with Crippen LogP contribution < -0.4 is 14.8 Å². The number of ether oxygens (including phenoxy) is 1. The van der Waals surface area contributed by atoms with Crippen LogP contribution in [0.4, 0.5) is 5.69 Å². The standard InChI is InChI=1S/C22H22N2O4S/c1-2-23-22(25)16-28-19-12-8-11-18(15-19)24-29(26,27)21-14-7-6-13-20(21)17-9-4-3-5-10-17/h3-15,24H,2,16H2,1H3,(H,23,25). The second-order valence-electron chi connectivity index (χ2n) is 6.24. The van der Waals surface area contributed by atoms with Crippen LogP contribution in [0.5, 0.6) is 5.75 Å². The van der Waals surface area contributed by atoms with Crippen molar-refractivity contribution in [2.75, 3.05) is 17.9 Å². The van der Waals surface area contributed by atoms with Crippen LogP contribution >= 0.6 is 0 Å². The van der Waals surface area contributed by atoms with E-state index in [0.29, 0.717) is 23.5 Å². The average Bonchev–Trinajstić information content (AvgIpc) is 2.73. The van der Waals surface area contributed by atoms with Crippen LogP contribution in [0.3, 0.4) is 0 Å². The summed E-state index contributed by atoms with van der Waals surface area (Å²) in [5.74, 6) is 0.156. The van der Waals surface area contributed by atoms with Gasteiger partial charge < -0.3 is 10.1 Å². The Morgan fingerprint density at radius 1 is 0.931 bits per heavy atom. The van der Waals surface area contributed by atoms with Crippen molar-refractivity contribution in [2.45, 2.75) is 11.8 Å². The number of hydrogen-bond donors (Lipinski definition) is 2. The molecule has 0 heterocycles. The van der Waals surface area contributed by atoms with Gasteiger partial charge in [0, 0.05) is 18.2 Å². The Morgan fingerprint density at radius 3 is 2.41 bits per heavy atom. The summed E-state index contributed by atoms with van der Waals surface area (Å²) >= 11 is 0. The molecule has 3 aromatic rings. The molecule has 0 radical (unpaired) electrons. The first-order chi connectivity index (χ1) is 14.0. The van der Waals surface area contributed by atoms with E-state index in [-0.39, 0.29) is 17.4 Å². The third-order valence-corrected chi connectivity index (χ3v) is 5.53. The second kappa shape index (κ2) is 9.25. The number of rotatable bonds is 8. The van der Waals surface area contributed by atoms with Gasteiger partial charge >= 0.3 is 0 Å². The van der Waals surface area contributed by atoms with Crippen LogP contribution in [-0.4, -0.2) is 27.5 Å². The van der Waals surface area contributed by atoms with Gasteiger partial charge in [-0.05, 0) is 30.7 Å². The molecule has 7 heteroatoms. The van der Waals surface area contributed by atoms with Gasteiger partial charge in [0.25, 0.3) is 15.9 Å². The molecule has 3 rings (SSSR count). The minimum atomic E-state index is -3.83. The third-order valence-electron chi connectivity index (χ3n) is 4.09. The highest BCUT2D eigenvalue weighted by atomic mass is 32.2. The zero-order chi connectivity index (χ0) is 20.7. The summed E-state index contributed by atoms with van der Waals surface area (Å²) < 4.78 is 34.1. The summed E-state index contributed by atoms with van der Waals surface area (Å²) in [5.41, 5.74) is 1.78. The highest BCUT2D eigenvalue weighted by Gasteiger charge is 2.19. The van der Waals surface area contributed by atoms with Gasteiger partial charge in [0.1, 0.15) is 5.75 Å². The third kappa shape index (κ3) is 5.36. The monoisotopic (exact) mass is 410 g/mol. The van der Waals surface area contributed by atoms with E-state index < -0.39 is 10.0 Å². The molecule has 0 unspecified atom stereocenters. The van der Waals surface area contributed by atoms with Gasteiger partial charge in [-0.1, -0.05) is 54.6 Å². The molecule has 0 aliphatic carbocycles. The molecule has 29 heavy (non-hydrogen) atoms. The minimum Gasteiger partial charge on any atom is -0.484 e. The maximum absolute atomic E-state index is 13.0. The molecular weight excluding hydrogens is 388 g/mol. The Morgan fingerprint density at radius 2 is 1.66 bits per heavy atom. The van der Waals surface area contributed by atoms with Gasteiger partial charge in [-0.2, -0.15) is 0 Å². The van der Waals surface area contributed by atoms with Crippen molar-refractivity contribution >= 4 is 21.6 Å².